The summed E-state index contributed by atoms with van der Waals surface area (Å²) in [6.45, 7) is 0.291. The molecule has 0 aromatic heterocycles. The Labute approximate surface area is 206 Å². The molecule has 0 saturated heterocycles. The van der Waals surface area contributed by atoms with Gasteiger partial charge in [0.1, 0.15) is 11.3 Å². The molecule has 3 aromatic rings. The van der Waals surface area contributed by atoms with Crippen molar-refractivity contribution in [3.8, 4) is 5.75 Å². The van der Waals surface area contributed by atoms with Crippen molar-refractivity contribution in [2.24, 2.45) is 0 Å². The predicted molar refractivity (Wildman–Crippen MR) is 128 cm³/mol. The van der Waals surface area contributed by atoms with Gasteiger partial charge in [-0.25, -0.2) is 13.2 Å². The van der Waals surface area contributed by atoms with Crippen LogP contribution in [0.25, 0.3) is 0 Å². The highest BCUT2D eigenvalue weighted by Crippen LogP contribution is 2.25. The Bertz CT molecular complexity index is 1440. The third-order valence-electron chi connectivity index (χ3n) is 5.64. The van der Waals surface area contributed by atoms with Gasteiger partial charge in [-0.2, -0.15) is 0 Å². The Balaban J connectivity index is 1.42. The average molecular weight is 512 g/mol. The molecule has 186 valence electrons. The van der Waals surface area contributed by atoms with Crippen LogP contribution in [0.2, 0.25) is 0 Å². The second-order valence-corrected chi connectivity index (χ2v) is 9.68. The molecule has 0 unspecified atom stereocenters. The highest BCUT2D eigenvalue weighted by Gasteiger charge is 2.24. The number of amides is 1. The van der Waals surface area contributed by atoms with Crippen LogP contribution in [-0.2, 0) is 32.5 Å². The van der Waals surface area contributed by atoms with Crippen molar-refractivity contribution < 1.29 is 32.8 Å². The number of carbonyl (C=O) groups is 2. The number of benzene rings is 3. The van der Waals surface area contributed by atoms with Crippen molar-refractivity contribution >= 4 is 33.3 Å². The third kappa shape index (κ3) is 5.44. The van der Waals surface area contributed by atoms with E-state index in [2.05, 4.69) is 4.72 Å². The van der Waals surface area contributed by atoms with Gasteiger partial charge >= 0.3 is 5.97 Å². The van der Waals surface area contributed by atoms with E-state index in [1.807, 2.05) is 24.3 Å². The lowest BCUT2D eigenvalue weighted by Gasteiger charge is -2.28. The Morgan fingerprint density at radius 1 is 1.06 bits per heavy atom. The number of esters is 1. The first-order chi connectivity index (χ1) is 17.1. The minimum absolute atomic E-state index is 0.0616. The number of hydrogen-bond donors (Lipinski definition) is 2. The first-order valence-corrected chi connectivity index (χ1v) is 12.2. The van der Waals surface area contributed by atoms with E-state index in [4.69, 9.17) is 4.74 Å². The van der Waals surface area contributed by atoms with Crippen LogP contribution in [0.3, 0.4) is 0 Å². The molecular formula is C24H21N3O8S. The summed E-state index contributed by atoms with van der Waals surface area (Å²) >= 11 is 0. The van der Waals surface area contributed by atoms with Crippen LogP contribution in [0.1, 0.15) is 21.5 Å². The van der Waals surface area contributed by atoms with Crippen LogP contribution in [0, 0.1) is 10.1 Å². The number of hydrogen-bond acceptors (Lipinski definition) is 8. The molecule has 11 nitrogen and oxygen atoms in total. The van der Waals surface area contributed by atoms with Crippen LogP contribution in [0.4, 0.5) is 11.4 Å². The van der Waals surface area contributed by atoms with Crippen molar-refractivity contribution in [1.29, 1.82) is 0 Å². The zero-order valence-corrected chi connectivity index (χ0v) is 19.6. The molecule has 0 saturated carbocycles. The van der Waals surface area contributed by atoms with E-state index in [1.165, 1.54) is 12.1 Å². The Hall–Kier alpha value is -4.45. The number of non-ortho nitro benzene ring substituents is 1. The number of nitrogens with one attached hydrogen (secondary N) is 1. The monoisotopic (exact) mass is 511 g/mol. The zero-order valence-electron chi connectivity index (χ0n) is 18.8. The molecule has 36 heavy (non-hydrogen) atoms. The highest BCUT2D eigenvalue weighted by molar-refractivity contribution is 7.92. The van der Waals surface area contributed by atoms with Crippen LogP contribution < -0.4 is 4.72 Å². The fraction of sp³-hybridized carbons (Fsp3) is 0.167. The number of ether oxygens (including phenoxy) is 1. The van der Waals surface area contributed by atoms with E-state index in [9.17, 15) is 33.2 Å². The molecule has 12 heteroatoms. The van der Waals surface area contributed by atoms with E-state index in [-0.39, 0.29) is 16.3 Å². The molecule has 0 spiro atoms. The molecule has 0 aliphatic carbocycles. The van der Waals surface area contributed by atoms with Gasteiger partial charge in [0.15, 0.2) is 6.61 Å². The molecule has 1 heterocycles. The molecule has 0 fully saturated rings. The molecular weight excluding hydrogens is 490 g/mol. The number of fused-ring (bicyclic) bond motifs is 1. The summed E-state index contributed by atoms with van der Waals surface area (Å²) in [6, 6.07) is 15.5. The second-order valence-electron chi connectivity index (χ2n) is 8.00. The smallest absolute Gasteiger partial charge is 0.342 e. The van der Waals surface area contributed by atoms with Gasteiger partial charge in [-0.3, -0.25) is 19.6 Å². The lowest BCUT2D eigenvalue weighted by atomic mass is 10.00. The number of nitro groups is 1. The number of phenolic OH excluding ortho intramolecular Hbond substituents is 1. The number of carbonyl (C=O) groups excluding carboxylic acids is 2. The molecule has 0 radical (unpaired) electrons. The SMILES string of the molecule is O=C(OCC(=O)N1CCc2ccccc2C1)c1cc(S(=O)(=O)Nc2ccc([N+](=O)[O-])cc2)ccc1O. The van der Waals surface area contributed by atoms with E-state index in [0.29, 0.717) is 19.5 Å². The number of aromatic hydroxyl groups is 1. The molecule has 0 atom stereocenters. The largest absolute Gasteiger partial charge is 0.507 e. The maximum absolute atomic E-state index is 12.7. The minimum Gasteiger partial charge on any atom is -0.507 e. The van der Waals surface area contributed by atoms with Gasteiger partial charge in [-0.15, -0.1) is 0 Å². The molecule has 0 bridgehead atoms. The van der Waals surface area contributed by atoms with Crippen molar-refractivity contribution in [2.75, 3.05) is 17.9 Å². The third-order valence-corrected chi connectivity index (χ3v) is 7.02. The van der Waals surface area contributed by atoms with Gasteiger partial charge in [0.05, 0.1) is 9.82 Å². The van der Waals surface area contributed by atoms with Crippen molar-refractivity contribution in [3.63, 3.8) is 0 Å². The van der Waals surface area contributed by atoms with E-state index >= 15 is 0 Å². The van der Waals surface area contributed by atoms with Gasteiger partial charge in [0.25, 0.3) is 21.6 Å². The topological polar surface area (TPSA) is 156 Å². The summed E-state index contributed by atoms with van der Waals surface area (Å²) < 4.78 is 32.8. The number of phenols is 1. The van der Waals surface area contributed by atoms with Gasteiger partial charge in [0.2, 0.25) is 0 Å². The summed E-state index contributed by atoms with van der Waals surface area (Å²) in [6.07, 6.45) is 0.679. The normalized spacial score (nSPS) is 12.9. The Kier molecular flexibility index (Phi) is 6.88. The zero-order chi connectivity index (χ0) is 25.9. The summed E-state index contributed by atoms with van der Waals surface area (Å²) in [5.74, 6) is -2.00. The standard InChI is InChI=1S/C24H21N3O8S/c28-22-10-9-20(36(33,34)25-18-5-7-19(8-6-18)27(31)32)13-21(22)24(30)35-15-23(29)26-12-11-16-3-1-2-4-17(16)14-26/h1-10,13,25,28H,11-12,14-15H2. The Morgan fingerprint density at radius 2 is 1.75 bits per heavy atom. The fourth-order valence-corrected chi connectivity index (χ4v) is 4.80. The van der Waals surface area contributed by atoms with Crippen molar-refractivity contribution in [1.82, 2.24) is 4.90 Å². The van der Waals surface area contributed by atoms with Crippen LogP contribution in [-0.4, -0.2) is 48.4 Å². The fourth-order valence-electron chi connectivity index (χ4n) is 3.72. The lowest BCUT2D eigenvalue weighted by Crippen LogP contribution is -2.38. The number of sulfonamides is 1. The van der Waals surface area contributed by atoms with E-state index in [0.717, 1.165) is 41.5 Å². The van der Waals surface area contributed by atoms with Crippen LogP contribution >= 0.6 is 0 Å². The summed E-state index contributed by atoms with van der Waals surface area (Å²) in [5, 5.41) is 20.9. The number of anilines is 1. The average Bonchev–Trinajstić information content (AvgIpc) is 2.87. The number of nitrogens with zero attached hydrogens (tertiary/aromatic N) is 2. The van der Waals surface area contributed by atoms with Gasteiger partial charge in [0, 0.05) is 30.9 Å². The summed E-state index contributed by atoms with van der Waals surface area (Å²) in [5.41, 5.74) is 1.59. The molecule has 1 aliphatic heterocycles. The lowest BCUT2D eigenvalue weighted by molar-refractivity contribution is -0.384. The summed E-state index contributed by atoms with van der Waals surface area (Å²) in [4.78, 5) is 36.5. The van der Waals surface area contributed by atoms with E-state index < -0.39 is 44.7 Å². The first kappa shape index (κ1) is 24.7. The summed E-state index contributed by atoms with van der Waals surface area (Å²) in [7, 11) is -4.21. The quantitative estimate of drug-likeness (QED) is 0.279. The molecule has 3 aromatic carbocycles. The Morgan fingerprint density at radius 3 is 2.44 bits per heavy atom. The van der Waals surface area contributed by atoms with Crippen LogP contribution in [0.15, 0.2) is 71.6 Å². The second kappa shape index (κ2) is 10.0. The maximum Gasteiger partial charge on any atom is 0.342 e. The highest BCUT2D eigenvalue weighted by atomic mass is 32.2. The van der Waals surface area contributed by atoms with Crippen molar-refractivity contribution in [3.05, 3.63) is 93.5 Å². The minimum atomic E-state index is -4.21. The van der Waals surface area contributed by atoms with Gasteiger partial charge in [-0.1, -0.05) is 24.3 Å². The molecule has 1 amide bonds. The predicted octanol–water partition coefficient (Wildman–Crippen LogP) is 2.84. The molecule has 1 aliphatic rings. The maximum atomic E-state index is 12.7. The van der Waals surface area contributed by atoms with Crippen LogP contribution in [0.5, 0.6) is 5.75 Å². The van der Waals surface area contributed by atoms with E-state index in [1.54, 1.807) is 4.90 Å². The van der Waals surface area contributed by atoms with Gasteiger partial charge in [-0.05, 0) is 47.9 Å². The molecule has 2 N–H and O–H groups in total. The molecule has 4 rings (SSSR count). The first-order valence-electron chi connectivity index (χ1n) is 10.8. The van der Waals surface area contributed by atoms with Gasteiger partial charge < -0.3 is 14.7 Å². The number of rotatable bonds is 7. The number of nitro benzene ring substituents is 1. The van der Waals surface area contributed by atoms with Crippen molar-refractivity contribution in [2.45, 2.75) is 17.9 Å².